The lowest BCUT2D eigenvalue weighted by atomic mass is 10.1. The fraction of sp³-hybridized carbons (Fsp3) is 0.259. The van der Waals surface area contributed by atoms with Crippen LogP contribution in [-0.2, 0) is 11.3 Å². The van der Waals surface area contributed by atoms with E-state index in [0.29, 0.717) is 6.61 Å². The molecule has 0 bridgehead atoms. The van der Waals surface area contributed by atoms with Crippen LogP contribution >= 0.6 is 47.4 Å². The van der Waals surface area contributed by atoms with Gasteiger partial charge in [0, 0.05) is 40.4 Å². The summed E-state index contributed by atoms with van der Waals surface area (Å²) in [5.74, 6) is 1.12. The highest BCUT2D eigenvalue weighted by Crippen LogP contribution is 2.25. The normalized spacial score (nSPS) is 13.7. The lowest BCUT2D eigenvalue weighted by Crippen LogP contribution is -2.30. The Morgan fingerprint density at radius 2 is 1.47 bits per heavy atom. The molecular weight excluding hydrogens is 507 g/mol. The van der Waals surface area contributed by atoms with Gasteiger partial charge in [0.2, 0.25) is 0 Å². The molecule has 3 aromatic carbocycles. The van der Waals surface area contributed by atoms with Gasteiger partial charge in [0.05, 0.1) is 13.3 Å². The average molecular weight is 536 g/mol. The fourth-order valence-corrected chi connectivity index (χ4v) is 4.79. The molecule has 4 rings (SSSR count). The highest BCUT2D eigenvalue weighted by atomic mass is 35.5. The molecule has 0 fully saturated rings. The van der Waals surface area contributed by atoms with Gasteiger partial charge in [-0.1, -0.05) is 65.7 Å². The van der Waals surface area contributed by atoms with E-state index in [0.717, 1.165) is 53.1 Å². The Labute approximate surface area is 223 Å². The zero-order valence-electron chi connectivity index (χ0n) is 18.9. The molecule has 3 aromatic rings. The van der Waals surface area contributed by atoms with Crippen LogP contribution in [0, 0.1) is 0 Å². The average Bonchev–Trinajstić information content (AvgIpc) is 3.29. The van der Waals surface area contributed by atoms with E-state index in [1.807, 2.05) is 60.3 Å². The van der Waals surface area contributed by atoms with Crippen molar-refractivity contribution >= 4 is 47.4 Å². The van der Waals surface area contributed by atoms with Crippen molar-refractivity contribution in [3.8, 4) is 0 Å². The molecule has 0 spiro atoms. The van der Waals surface area contributed by atoms with Gasteiger partial charge < -0.3 is 14.5 Å². The molecule has 0 amide bonds. The first kappa shape index (κ1) is 26.8. The predicted molar refractivity (Wildman–Crippen MR) is 147 cm³/mol. The zero-order valence-corrected chi connectivity index (χ0v) is 22.0. The molecule has 1 aliphatic heterocycles. The highest BCUT2D eigenvalue weighted by molar-refractivity contribution is 7.99. The Morgan fingerprint density at radius 3 is 2.18 bits per heavy atom. The van der Waals surface area contributed by atoms with Crippen molar-refractivity contribution in [2.45, 2.75) is 24.0 Å². The molecule has 7 heteroatoms. The molecule has 34 heavy (non-hydrogen) atoms. The zero-order chi connectivity index (χ0) is 22.9. The quantitative estimate of drug-likeness (QED) is 0.183. The van der Waals surface area contributed by atoms with Crippen molar-refractivity contribution in [3.63, 3.8) is 0 Å². The molecule has 0 N–H and O–H groups in total. The van der Waals surface area contributed by atoms with E-state index in [1.165, 1.54) is 4.90 Å². The van der Waals surface area contributed by atoms with Crippen LogP contribution in [-0.4, -0.2) is 35.3 Å². The maximum absolute atomic E-state index is 6.36. The standard InChI is InChI=1S/C27H28Cl2N2OS.ClH/c28-24-11-7-22(8-12-24)20-32-27(23-9-13-25(29)14-10-23)19-31-17-16-30(21-31)15-4-18-33-26-5-2-1-3-6-26;/h1-3,5-14,16-17,27H,4,15,18-21H2;1H. The van der Waals surface area contributed by atoms with E-state index < -0.39 is 0 Å². The van der Waals surface area contributed by atoms with Crippen molar-refractivity contribution in [2.75, 3.05) is 25.5 Å². The number of ether oxygens (including phenoxy) is 1. The van der Waals surface area contributed by atoms with Gasteiger partial charge in [0.15, 0.2) is 0 Å². The lowest BCUT2D eigenvalue weighted by molar-refractivity contribution is 0.0196. The Kier molecular flexibility index (Phi) is 11.0. The molecule has 1 heterocycles. The number of thioether (sulfide) groups is 1. The maximum atomic E-state index is 6.36. The fourth-order valence-electron chi connectivity index (χ4n) is 3.68. The number of benzene rings is 3. The lowest BCUT2D eigenvalue weighted by Gasteiger charge is -2.26. The summed E-state index contributed by atoms with van der Waals surface area (Å²) in [5, 5.41) is 1.47. The minimum Gasteiger partial charge on any atom is -0.367 e. The molecular formula is C27H29Cl3N2OS. The largest absolute Gasteiger partial charge is 0.367 e. The molecule has 0 saturated heterocycles. The minimum atomic E-state index is -0.0591. The van der Waals surface area contributed by atoms with E-state index in [4.69, 9.17) is 27.9 Å². The van der Waals surface area contributed by atoms with Crippen LogP contribution < -0.4 is 0 Å². The molecule has 0 radical (unpaired) electrons. The number of halogens is 3. The number of hydrogen-bond donors (Lipinski definition) is 0. The molecule has 1 aliphatic rings. The Morgan fingerprint density at radius 1 is 0.824 bits per heavy atom. The first-order valence-electron chi connectivity index (χ1n) is 11.1. The minimum absolute atomic E-state index is 0. The summed E-state index contributed by atoms with van der Waals surface area (Å²) >= 11 is 14.0. The van der Waals surface area contributed by atoms with Gasteiger partial charge >= 0.3 is 0 Å². The van der Waals surface area contributed by atoms with Crippen LogP contribution in [0.2, 0.25) is 10.0 Å². The third kappa shape index (κ3) is 8.44. The van der Waals surface area contributed by atoms with Gasteiger partial charge in [-0.3, -0.25) is 0 Å². The van der Waals surface area contributed by atoms with Gasteiger partial charge in [0.1, 0.15) is 6.10 Å². The summed E-state index contributed by atoms with van der Waals surface area (Å²) in [5.41, 5.74) is 2.23. The van der Waals surface area contributed by atoms with Crippen LogP contribution in [0.25, 0.3) is 0 Å². The molecule has 0 saturated carbocycles. The van der Waals surface area contributed by atoms with E-state index in [9.17, 15) is 0 Å². The summed E-state index contributed by atoms with van der Waals surface area (Å²) in [6, 6.07) is 26.3. The van der Waals surface area contributed by atoms with Crippen molar-refractivity contribution in [1.82, 2.24) is 9.80 Å². The topological polar surface area (TPSA) is 15.7 Å². The van der Waals surface area contributed by atoms with Gasteiger partial charge in [-0.2, -0.15) is 0 Å². The van der Waals surface area contributed by atoms with Crippen LogP contribution in [0.3, 0.4) is 0 Å². The Bertz CT molecular complexity index is 1020. The summed E-state index contributed by atoms with van der Waals surface area (Å²) in [6.45, 7) is 3.23. The van der Waals surface area contributed by atoms with Gasteiger partial charge in [0.25, 0.3) is 0 Å². The third-order valence-corrected chi connectivity index (χ3v) is 7.06. The second-order valence-corrected chi connectivity index (χ2v) is 10.1. The predicted octanol–water partition coefficient (Wildman–Crippen LogP) is 7.90. The van der Waals surface area contributed by atoms with E-state index >= 15 is 0 Å². The number of hydrogen-bond acceptors (Lipinski definition) is 4. The van der Waals surface area contributed by atoms with Crippen LogP contribution in [0.5, 0.6) is 0 Å². The number of nitrogens with zero attached hydrogens (tertiary/aromatic N) is 2. The van der Waals surface area contributed by atoms with Gasteiger partial charge in [-0.25, -0.2) is 0 Å². The van der Waals surface area contributed by atoms with E-state index in [1.54, 1.807) is 0 Å². The Balaban J connectivity index is 0.00000324. The second kappa shape index (κ2) is 13.9. The molecule has 0 aliphatic carbocycles. The molecule has 0 aromatic heterocycles. The summed E-state index contributed by atoms with van der Waals surface area (Å²) in [7, 11) is 0. The van der Waals surface area contributed by atoms with E-state index in [-0.39, 0.29) is 18.5 Å². The SMILES string of the molecule is Cl.Clc1ccc(COC(CN2C=CN(CCCSc3ccccc3)C2)c2ccc(Cl)cc2)cc1. The first-order chi connectivity index (χ1) is 16.2. The third-order valence-electron chi connectivity index (χ3n) is 5.46. The Hall–Kier alpha value is -1.82. The smallest absolute Gasteiger partial charge is 0.100 e. The van der Waals surface area contributed by atoms with Gasteiger partial charge in [-0.15, -0.1) is 24.2 Å². The van der Waals surface area contributed by atoms with Crippen molar-refractivity contribution < 1.29 is 4.74 Å². The maximum Gasteiger partial charge on any atom is 0.100 e. The van der Waals surface area contributed by atoms with Crippen molar-refractivity contribution in [2.24, 2.45) is 0 Å². The molecule has 1 unspecified atom stereocenters. The van der Waals surface area contributed by atoms with Crippen molar-refractivity contribution in [3.05, 3.63) is 112 Å². The van der Waals surface area contributed by atoms with E-state index in [2.05, 4.69) is 52.5 Å². The second-order valence-electron chi connectivity index (χ2n) is 8.02. The van der Waals surface area contributed by atoms with Crippen molar-refractivity contribution in [1.29, 1.82) is 0 Å². The van der Waals surface area contributed by atoms with Crippen LogP contribution in [0.4, 0.5) is 0 Å². The van der Waals surface area contributed by atoms with Gasteiger partial charge in [-0.05, 0) is 59.7 Å². The summed E-state index contributed by atoms with van der Waals surface area (Å²) < 4.78 is 6.36. The molecule has 180 valence electrons. The van der Waals surface area contributed by atoms with Crippen LogP contribution in [0.1, 0.15) is 23.7 Å². The van der Waals surface area contributed by atoms with Crippen LogP contribution in [0.15, 0.2) is 96.2 Å². The molecule has 3 nitrogen and oxygen atoms in total. The number of rotatable bonds is 11. The summed E-state index contributed by atoms with van der Waals surface area (Å²) in [6.07, 6.45) is 5.44. The molecule has 1 atom stereocenters. The highest BCUT2D eigenvalue weighted by Gasteiger charge is 2.19. The first-order valence-corrected chi connectivity index (χ1v) is 12.9. The monoisotopic (exact) mass is 534 g/mol. The summed E-state index contributed by atoms with van der Waals surface area (Å²) in [4.78, 5) is 6.01.